The summed E-state index contributed by atoms with van der Waals surface area (Å²) in [7, 11) is 2.04. The molecule has 0 radical (unpaired) electrons. The summed E-state index contributed by atoms with van der Waals surface area (Å²) in [6.07, 6.45) is 4.19. The molecule has 3 heterocycles. The number of nitrogens with two attached hydrogens (primary N) is 1. The van der Waals surface area contributed by atoms with Gasteiger partial charge in [-0.1, -0.05) is 12.1 Å². The molecule has 7 heteroatoms. The first kappa shape index (κ1) is 17.5. The average Bonchev–Trinajstić information content (AvgIpc) is 3.26. The van der Waals surface area contributed by atoms with Gasteiger partial charge in [0.05, 0.1) is 23.5 Å². The van der Waals surface area contributed by atoms with Crippen molar-refractivity contribution in [3.8, 4) is 0 Å². The third-order valence-electron chi connectivity index (χ3n) is 5.29. The lowest BCUT2D eigenvalue weighted by Crippen LogP contribution is -2.34. The van der Waals surface area contributed by atoms with Crippen LogP contribution in [0.2, 0.25) is 0 Å². The van der Waals surface area contributed by atoms with Crippen LogP contribution in [0.4, 0.5) is 0 Å². The van der Waals surface area contributed by atoms with Gasteiger partial charge in [-0.2, -0.15) is 0 Å². The molecular formula is C20H23N5O2. The van der Waals surface area contributed by atoms with Crippen molar-refractivity contribution in [3.05, 3.63) is 64.5 Å². The van der Waals surface area contributed by atoms with Gasteiger partial charge < -0.3 is 10.3 Å². The van der Waals surface area contributed by atoms with Crippen LogP contribution < -0.4 is 11.3 Å². The number of carbonyl (C=O) groups excluding carboxylic acids is 1. The largest absolute Gasteiger partial charge is 0.368 e. The molecule has 2 N–H and O–H groups in total. The third-order valence-corrected chi connectivity index (χ3v) is 5.29. The number of nitrogens with zero attached hydrogens (tertiary/aromatic N) is 4. The minimum atomic E-state index is -0.546. The predicted octanol–water partition coefficient (Wildman–Crippen LogP) is 1.56. The molecule has 1 atom stereocenters. The number of hydrogen-bond acceptors (Lipinski definition) is 4. The fourth-order valence-electron chi connectivity index (χ4n) is 4.01. The van der Waals surface area contributed by atoms with E-state index in [0.717, 1.165) is 19.4 Å². The molecule has 0 unspecified atom stereocenters. The van der Waals surface area contributed by atoms with Crippen molar-refractivity contribution < 1.29 is 4.79 Å². The number of aromatic nitrogens is 3. The number of fused-ring (bicyclic) bond motifs is 1. The maximum absolute atomic E-state index is 12.9. The highest BCUT2D eigenvalue weighted by molar-refractivity contribution is 5.78. The van der Waals surface area contributed by atoms with Crippen molar-refractivity contribution in [3.63, 3.8) is 0 Å². The van der Waals surface area contributed by atoms with Crippen LogP contribution in [0.1, 0.15) is 30.4 Å². The molecule has 2 aromatic heterocycles. The highest BCUT2D eigenvalue weighted by atomic mass is 16.2. The molecule has 0 spiro atoms. The minimum Gasteiger partial charge on any atom is -0.368 e. The molecule has 1 aliphatic rings. The highest BCUT2D eigenvalue weighted by Crippen LogP contribution is 2.32. The Labute approximate surface area is 157 Å². The Kier molecular flexibility index (Phi) is 4.53. The maximum atomic E-state index is 12.9. The molecule has 4 rings (SSSR count). The number of hydrogen-bond donors (Lipinski definition) is 1. The van der Waals surface area contributed by atoms with E-state index in [1.165, 1.54) is 10.3 Å². The van der Waals surface area contributed by atoms with Crippen molar-refractivity contribution in [2.75, 3.05) is 6.54 Å². The standard InChI is InChI=1S/C20H23N5O2/c1-23-10-4-8-16(23)17-9-5-11-24(17)13-19-22-15-7-3-2-6-14(15)20(27)25(19)12-18(21)26/h2-4,6-8,10,17H,5,9,11-13H2,1H3,(H2,21,26)/t17-/m0/s1. The van der Waals surface area contributed by atoms with E-state index in [2.05, 4.69) is 15.5 Å². The summed E-state index contributed by atoms with van der Waals surface area (Å²) < 4.78 is 3.55. The van der Waals surface area contributed by atoms with E-state index < -0.39 is 5.91 Å². The van der Waals surface area contributed by atoms with Gasteiger partial charge in [0, 0.05) is 18.9 Å². The summed E-state index contributed by atoms with van der Waals surface area (Å²) in [5.41, 5.74) is 7.07. The summed E-state index contributed by atoms with van der Waals surface area (Å²) in [5.74, 6) is 0.0365. The quantitative estimate of drug-likeness (QED) is 0.743. The van der Waals surface area contributed by atoms with Crippen molar-refractivity contribution >= 4 is 16.8 Å². The zero-order valence-electron chi connectivity index (χ0n) is 15.3. The average molecular weight is 365 g/mol. The van der Waals surface area contributed by atoms with Crippen molar-refractivity contribution in [2.24, 2.45) is 12.8 Å². The van der Waals surface area contributed by atoms with Crippen LogP contribution in [-0.4, -0.2) is 31.5 Å². The van der Waals surface area contributed by atoms with Gasteiger partial charge in [0.2, 0.25) is 5.91 Å². The van der Waals surface area contributed by atoms with Gasteiger partial charge in [-0.05, 0) is 43.7 Å². The minimum absolute atomic E-state index is 0.158. The monoisotopic (exact) mass is 365 g/mol. The van der Waals surface area contributed by atoms with E-state index in [4.69, 9.17) is 10.7 Å². The van der Waals surface area contributed by atoms with Crippen LogP contribution >= 0.6 is 0 Å². The fourth-order valence-corrected chi connectivity index (χ4v) is 4.01. The Morgan fingerprint density at radius 1 is 1.26 bits per heavy atom. The number of carbonyl (C=O) groups is 1. The van der Waals surface area contributed by atoms with Gasteiger partial charge in [-0.3, -0.25) is 19.1 Å². The van der Waals surface area contributed by atoms with Crippen LogP contribution in [0.5, 0.6) is 0 Å². The second-order valence-corrected chi connectivity index (χ2v) is 7.08. The number of amides is 1. The van der Waals surface area contributed by atoms with Crippen molar-refractivity contribution in [2.45, 2.75) is 32.0 Å². The van der Waals surface area contributed by atoms with E-state index in [0.29, 0.717) is 23.3 Å². The molecule has 1 fully saturated rings. The molecule has 1 saturated heterocycles. The third kappa shape index (κ3) is 3.26. The number of para-hydroxylation sites is 1. The normalized spacial score (nSPS) is 17.6. The summed E-state index contributed by atoms with van der Waals surface area (Å²) in [5, 5.41) is 0.503. The summed E-state index contributed by atoms with van der Waals surface area (Å²) >= 11 is 0. The lowest BCUT2D eigenvalue weighted by Gasteiger charge is -2.26. The molecule has 27 heavy (non-hydrogen) atoms. The number of rotatable bonds is 5. The summed E-state index contributed by atoms with van der Waals surface area (Å²) in [6.45, 7) is 1.27. The molecule has 1 amide bonds. The fraction of sp³-hybridized carbons (Fsp3) is 0.350. The smallest absolute Gasteiger partial charge is 0.261 e. The Morgan fingerprint density at radius 2 is 2.07 bits per heavy atom. The second-order valence-electron chi connectivity index (χ2n) is 7.08. The zero-order chi connectivity index (χ0) is 19.0. The van der Waals surface area contributed by atoms with Gasteiger partial charge in [0.1, 0.15) is 12.4 Å². The number of benzene rings is 1. The summed E-state index contributed by atoms with van der Waals surface area (Å²) in [6, 6.07) is 11.7. The first-order chi connectivity index (χ1) is 13.0. The number of aryl methyl sites for hydroxylation is 1. The van der Waals surface area contributed by atoms with Crippen LogP contribution in [-0.2, 0) is 24.9 Å². The Hall–Kier alpha value is -2.93. The molecular weight excluding hydrogens is 342 g/mol. The van der Waals surface area contributed by atoms with E-state index in [9.17, 15) is 9.59 Å². The van der Waals surface area contributed by atoms with Gasteiger partial charge >= 0.3 is 0 Å². The highest BCUT2D eigenvalue weighted by Gasteiger charge is 2.29. The summed E-state index contributed by atoms with van der Waals surface area (Å²) in [4.78, 5) is 31.5. The molecule has 3 aromatic rings. The molecule has 0 saturated carbocycles. The molecule has 140 valence electrons. The van der Waals surface area contributed by atoms with E-state index in [1.54, 1.807) is 12.1 Å². The Balaban J connectivity index is 1.75. The van der Waals surface area contributed by atoms with Crippen molar-refractivity contribution in [1.29, 1.82) is 0 Å². The molecule has 1 aromatic carbocycles. The molecule has 1 aliphatic heterocycles. The second kappa shape index (κ2) is 7.00. The lowest BCUT2D eigenvalue weighted by atomic mass is 10.1. The molecule has 7 nitrogen and oxygen atoms in total. The van der Waals surface area contributed by atoms with E-state index in [-0.39, 0.29) is 18.1 Å². The van der Waals surface area contributed by atoms with Crippen LogP contribution in [0.25, 0.3) is 10.9 Å². The maximum Gasteiger partial charge on any atom is 0.261 e. The lowest BCUT2D eigenvalue weighted by molar-refractivity contribution is -0.118. The zero-order valence-corrected chi connectivity index (χ0v) is 15.3. The van der Waals surface area contributed by atoms with E-state index in [1.807, 2.05) is 31.4 Å². The number of primary amides is 1. The Bertz CT molecular complexity index is 1050. The van der Waals surface area contributed by atoms with Gasteiger partial charge in [-0.25, -0.2) is 4.98 Å². The van der Waals surface area contributed by atoms with E-state index >= 15 is 0 Å². The first-order valence-electron chi connectivity index (χ1n) is 9.16. The first-order valence-corrected chi connectivity index (χ1v) is 9.16. The van der Waals surface area contributed by atoms with Crippen molar-refractivity contribution in [1.82, 2.24) is 19.0 Å². The van der Waals surface area contributed by atoms with Gasteiger partial charge in [0.15, 0.2) is 0 Å². The predicted molar refractivity (Wildman–Crippen MR) is 103 cm³/mol. The van der Waals surface area contributed by atoms with Gasteiger partial charge in [0.25, 0.3) is 5.56 Å². The topological polar surface area (TPSA) is 86.2 Å². The van der Waals surface area contributed by atoms with Crippen LogP contribution in [0, 0.1) is 0 Å². The van der Waals surface area contributed by atoms with Crippen LogP contribution in [0.15, 0.2) is 47.4 Å². The molecule has 0 aliphatic carbocycles. The van der Waals surface area contributed by atoms with Crippen LogP contribution in [0.3, 0.4) is 0 Å². The Morgan fingerprint density at radius 3 is 2.81 bits per heavy atom. The molecule has 0 bridgehead atoms. The SMILES string of the molecule is Cn1cccc1[C@@H]1CCCN1Cc1nc2ccccc2c(=O)n1CC(N)=O. The van der Waals surface area contributed by atoms with Gasteiger partial charge in [-0.15, -0.1) is 0 Å². The number of likely N-dealkylation sites (tertiary alicyclic amines) is 1.